The molecule has 4 rings (SSSR count). The number of nitrogens with one attached hydrogen (secondary N) is 1. The van der Waals surface area contributed by atoms with Gasteiger partial charge in [0.25, 0.3) is 5.91 Å². The Bertz CT molecular complexity index is 1040. The number of nitrogens with zero attached hydrogens (tertiary/aromatic N) is 2. The Morgan fingerprint density at radius 3 is 2.50 bits per heavy atom. The average Bonchev–Trinajstić information content (AvgIpc) is 3.03. The van der Waals surface area contributed by atoms with E-state index in [0.29, 0.717) is 30.6 Å². The van der Waals surface area contributed by atoms with Gasteiger partial charge in [-0.25, -0.2) is 9.18 Å². The largest absolute Gasteiger partial charge is 0.444 e. The summed E-state index contributed by atoms with van der Waals surface area (Å²) in [5.74, 6) is -1.81. The highest BCUT2D eigenvalue weighted by molar-refractivity contribution is 6.06. The lowest BCUT2D eigenvalue weighted by Gasteiger charge is -2.30. The standard InChI is InChI=1S/C23H26FN3O5/c1-23(2,3)32-22(31)26-8-6-13(7-9-26)15-10-14(24)11-16-17(15)12-27(21(16)30)18-4-5-19(28)25-20(18)29/h6,10-11,18H,4-5,7-9,12H2,1-3H3,(H,25,28,29). The molecular formula is C23H26FN3O5. The fourth-order valence-corrected chi connectivity index (χ4v) is 4.32. The fraction of sp³-hybridized carbons (Fsp3) is 0.478. The van der Waals surface area contributed by atoms with Crippen molar-refractivity contribution < 1.29 is 28.3 Å². The molecule has 3 aliphatic heterocycles. The lowest BCUT2D eigenvalue weighted by Crippen LogP contribution is -2.52. The number of rotatable bonds is 2. The number of hydrogen-bond donors (Lipinski definition) is 1. The maximum Gasteiger partial charge on any atom is 0.410 e. The van der Waals surface area contributed by atoms with Gasteiger partial charge in [-0.2, -0.15) is 0 Å². The van der Waals surface area contributed by atoms with Crippen LogP contribution >= 0.6 is 0 Å². The molecule has 0 spiro atoms. The Balaban J connectivity index is 1.57. The summed E-state index contributed by atoms with van der Waals surface area (Å²) in [5.41, 5.74) is 1.77. The van der Waals surface area contributed by atoms with Crippen LogP contribution in [0.15, 0.2) is 18.2 Å². The smallest absolute Gasteiger partial charge is 0.410 e. The van der Waals surface area contributed by atoms with Gasteiger partial charge in [-0.1, -0.05) is 6.08 Å². The molecule has 1 saturated heterocycles. The van der Waals surface area contributed by atoms with Crippen LogP contribution in [0.4, 0.5) is 9.18 Å². The minimum atomic E-state index is -0.758. The molecule has 1 N–H and O–H groups in total. The van der Waals surface area contributed by atoms with Crippen molar-refractivity contribution >= 4 is 29.4 Å². The number of ether oxygens (including phenoxy) is 1. The van der Waals surface area contributed by atoms with E-state index in [-0.39, 0.29) is 30.9 Å². The van der Waals surface area contributed by atoms with Crippen LogP contribution in [0.1, 0.15) is 61.5 Å². The molecule has 8 nitrogen and oxygen atoms in total. The maximum absolute atomic E-state index is 14.4. The van der Waals surface area contributed by atoms with Crippen LogP contribution in [-0.4, -0.2) is 58.3 Å². The van der Waals surface area contributed by atoms with Gasteiger partial charge in [-0.05, 0) is 62.4 Å². The van der Waals surface area contributed by atoms with Crippen molar-refractivity contribution in [3.8, 4) is 0 Å². The average molecular weight is 443 g/mol. The van der Waals surface area contributed by atoms with Gasteiger partial charge in [-0.3, -0.25) is 19.7 Å². The van der Waals surface area contributed by atoms with E-state index < -0.39 is 35.4 Å². The van der Waals surface area contributed by atoms with E-state index in [1.165, 1.54) is 17.0 Å². The highest BCUT2D eigenvalue weighted by atomic mass is 19.1. The van der Waals surface area contributed by atoms with Crippen LogP contribution in [-0.2, 0) is 20.9 Å². The number of halogens is 1. The van der Waals surface area contributed by atoms with Crippen molar-refractivity contribution in [2.45, 2.75) is 58.2 Å². The van der Waals surface area contributed by atoms with Crippen LogP contribution in [0.5, 0.6) is 0 Å². The number of piperidine rings is 1. The van der Waals surface area contributed by atoms with Gasteiger partial charge in [0.15, 0.2) is 0 Å². The normalized spacial score (nSPS) is 21.3. The van der Waals surface area contributed by atoms with Crippen molar-refractivity contribution in [1.82, 2.24) is 15.1 Å². The molecule has 4 amide bonds. The number of imide groups is 1. The van der Waals surface area contributed by atoms with E-state index in [1.54, 1.807) is 25.7 Å². The highest BCUT2D eigenvalue weighted by Gasteiger charge is 2.40. The predicted octanol–water partition coefficient (Wildman–Crippen LogP) is 2.61. The first-order valence-corrected chi connectivity index (χ1v) is 10.7. The molecule has 1 fully saturated rings. The summed E-state index contributed by atoms with van der Waals surface area (Å²) in [6.45, 7) is 6.31. The molecule has 0 bridgehead atoms. The molecule has 0 aromatic heterocycles. The maximum atomic E-state index is 14.4. The van der Waals surface area contributed by atoms with Gasteiger partial charge in [0.05, 0.1) is 0 Å². The van der Waals surface area contributed by atoms with Crippen LogP contribution < -0.4 is 5.32 Å². The first kappa shape index (κ1) is 22.0. The third-order valence-corrected chi connectivity index (χ3v) is 5.83. The fourth-order valence-electron chi connectivity index (χ4n) is 4.32. The molecule has 0 saturated carbocycles. The molecular weight excluding hydrogens is 417 g/mol. The molecule has 1 unspecified atom stereocenters. The van der Waals surface area contributed by atoms with E-state index in [1.807, 2.05) is 6.08 Å². The summed E-state index contributed by atoms with van der Waals surface area (Å²) in [5, 5.41) is 2.27. The molecule has 0 aliphatic carbocycles. The van der Waals surface area contributed by atoms with Gasteiger partial charge in [0.1, 0.15) is 17.5 Å². The van der Waals surface area contributed by atoms with Crippen LogP contribution in [0, 0.1) is 5.82 Å². The minimum Gasteiger partial charge on any atom is -0.444 e. The monoisotopic (exact) mass is 443 g/mol. The summed E-state index contributed by atoms with van der Waals surface area (Å²) in [6.07, 6.45) is 2.33. The lowest BCUT2D eigenvalue weighted by atomic mass is 9.93. The molecule has 32 heavy (non-hydrogen) atoms. The Hall–Kier alpha value is -3.23. The highest BCUT2D eigenvalue weighted by Crippen LogP contribution is 2.35. The summed E-state index contributed by atoms with van der Waals surface area (Å²) in [7, 11) is 0. The Morgan fingerprint density at radius 2 is 1.88 bits per heavy atom. The minimum absolute atomic E-state index is 0.156. The molecule has 1 atom stereocenters. The zero-order chi connectivity index (χ0) is 23.2. The van der Waals surface area contributed by atoms with Crippen LogP contribution in [0.25, 0.3) is 5.57 Å². The topological polar surface area (TPSA) is 96.0 Å². The summed E-state index contributed by atoms with van der Waals surface area (Å²) in [4.78, 5) is 52.0. The van der Waals surface area contributed by atoms with Gasteiger partial charge in [0.2, 0.25) is 11.8 Å². The second kappa shape index (κ2) is 8.03. The molecule has 170 valence electrons. The lowest BCUT2D eigenvalue weighted by molar-refractivity contribution is -0.136. The van der Waals surface area contributed by atoms with Crippen LogP contribution in [0.2, 0.25) is 0 Å². The Labute approximate surface area is 185 Å². The van der Waals surface area contributed by atoms with Crippen molar-refractivity contribution in [3.05, 3.63) is 40.7 Å². The van der Waals surface area contributed by atoms with Crippen molar-refractivity contribution in [1.29, 1.82) is 0 Å². The van der Waals surface area contributed by atoms with E-state index >= 15 is 0 Å². The predicted molar refractivity (Wildman–Crippen MR) is 113 cm³/mol. The summed E-state index contributed by atoms with van der Waals surface area (Å²) in [6, 6.07) is 1.84. The van der Waals surface area contributed by atoms with E-state index in [4.69, 9.17) is 4.74 Å². The first-order valence-electron chi connectivity index (χ1n) is 10.7. The summed E-state index contributed by atoms with van der Waals surface area (Å²) < 4.78 is 19.8. The number of carbonyl (C=O) groups excluding carboxylic acids is 4. The molecule has 1 aromatic rings. The third kappa shape index (κ3) is 4.24. The van der Waals surface area contributed by atoms with Gasteiger partial charge in [-0.15, -0.1) is 0 Å². The first-order chi connectivity index (χ1) is 15.0. The number of fused-ring (bicyclic) bond motifs is 1. The number of hydrogen-bond acceptors (Lipinski definition) is 5. The number of amides is 4. The van der Waals surface area contributed by atoms with E-state index in [9.17, 15) is 23.6 Å². The number of carbonyl (C=O) groups is 4. The second-order valence-electron chi connectivity index (χ2n) is 9.29. The second-order valence-corrected chi connectivity index (χ2v) is 9.29. The quantitative estimate of drug-likeness (QED) is 0.709. The molecule has 3 aliphatic rings. The third-order valence-electron chi connectivity index (χ3n) is 5.83. The van der Waals surface area contributed by atoms with E-state index in [0.717, 1.165) is 5.57 Å². The van der Waals surface area contributed by atoms with Gasteiger partial charge < -0.3 is 14.5 Å². The molecule has 9 heteroatoms. The Kier molecular flexibility index (Phi) is 5.52. The summed E-state index contributed by atoms with van der Waals surface area (Å²) >= 11 is 0. The van der Waals surface area contributed by atoms with Gasteiger partial charge in [0, 0.05) is 31.6 Å². The zero-order valence-electron chi connectivity index (χ0n) is 18.4. The zero-order valence-corrected chi connectivity index (χ0v) is 18.4. The Morgan fingerprint density at radius 1 is 1.16 bits per heavy atom. The van der Waals surface area contributed by atoms with Crippen LogP contribution in [0.3, 0.4) is 0 Å². The molecule has 1 aromatic carbocycles. The van der Waals surface area contributed by atoms with Crippen molar-refractivity contribution in [2.75, 3.05) is 13.1 Å². The molecule has 0 radical (unpaired) electrons. The van der Waals surface area contributed by atoms with Crippen molar-refractivity contribution in [2.24, 2.45) is 0 Å². The molecule has 3 heterocycles. The van der Waals surface area contributed by atoms with E-state index in [2.05, 4.69) is 5.32 Å². The van der Waals surface area contributed by atoms with Crippen molar-refractivity contribution in [3.63, 3.8) is 0 Å². The number of benzene rings is 1. The van der Waals surface area contributed by atoms with Gasteiger partial charge >= 0.3 is 6.09 Å². The SMILES string of the molecule is CC(C)(C)OC(=O)N1CC=C(c2cc(F)cc3c2CN(C2CCC(=O)NC2=O)C3=O)CC1.